The number of pyridine rings is 1. The summed E-state index contributed by atoms with van der Waals surface area (Å²) in [4.78, 5) is 6.93. The number of hydrogen-bond acceptors (Lipinski definition) is 6. The van der Waals surface area contributed by atoms with E-state index < -0.39 is 0 Å². The Balaban J connectivity index is 1.64. The number of likely N-dealkylation sites (tertiary alicyclic amines) is 1. The lowest BCUT2D eigenvalue weighted by atomic mass is 9.86. The van der Waals surface area contributed by atoms with Gasteiger partial charge in [0.1, 0.15) is 24.1 Å². The van der Waals surface area contributed by atoms with Crippen molar-refractivity contribution >= 4 is 5.82 Å². The third kappa shape index (κ3) is 4.01. The SMILES string of the molecule is COc1cc(-c2c(C#N)c(N)nc3c2CCCC3)ccc1OCCN1CCCC1. The smallest absolute Gasteiger partial charge is 0.161 e. The Bertz CT molecular complexity index is 929. The number of benzene rings is 1. The van der Waals surface area contributed by atoms with Crippen LogP contribution in [0.4, 0.5) is 5.82 Å². The van der Waals surface area contributed by atoms with Crippen molar-refractivity contribution in [2.45, 2.75) is 38.5 Å². The van der Waals surface area contributed by atoms with Crippen molar-refractivity contribution in [3.63, 3.8) is 0 Å². The summed E-state index contributed by atoms with van der Waals surface area (Å²) >= 11 is 0. The molecule has 0 saturated carbocycles. The molecule has 152 valence electrons. The molecule has 6 heteroatoms. The normalized spacial score (nSPS) is 16.3. The number of aromatic nitrogens is 1. The van der Waals surface area contributed by atoms with Crippen LogP contribution in [-0.4, -0.2) is 43.2 Å². The van der Waals surface area contributed by atoms with Crippen molar-refractivity contribution in [3.05, 3.63) is 35.0 Å². The molecule has 0 amide bonds. The highest BCUT2D eigenvalue weighted by Crippen LogP contribution is 2.39. The number of nitrogens with two attached hydrogens (primary N) is 1. The number of anilines is 1. The number of aryl methyl sites for hydroxylation is 1. The topological polar surface area (TPSA) is 84.4 Å². The lowest BCUT2D eigenvalue weighted by Crippen LogP contribution is -2.25. The zero-order valence-corrected chi connectivity index (χ0v) is 17.0. The van der Waals surface area contributed by atoms with Gasteiger partial charge in [0.2, 0.25) is 0 Å². The molecule has 2 aliphatic rings. The van der Waals surface area contributed by atoms with E-state index in [1.165, 1.54) is 12.8 Å². The molecule has 1 aliphatic carbocycles. The Labute approximate surface area is 172 Å². The van der Waals surface area contributed by atoms with E-state index in [-0.39, 0.29) is 0 Å². The zero-order valence-electron chi connectivity index (χ0n) is 17.0. The third-order valence-corrected chi connectivity index (χ3v) is 5.93. The fourth-order valence-electron chi connectivity index (χ4n) is 4.43. The van der Waals surface area contributed by atoms with Crippen LogP contribution in [0.1, 0.15) is 42.5 Å². The molecule has 4 rings (SSSR count). The first kappa shape index (κ1) is 19.5. The summed E-state index contributed by atoms with van der Waals surface area (Å²) < 4.78 is 11.6. The highest BCUT2D eigenvalue weighted by atomic mass is 16.5. The van der Waals surface area contributed by atoms with Crippen LogP contribution in [-0.2, 0) is 12.8 Å². The minimum absolute atomic E-state index is 0.313. The zero-order chi connectivity index (χ0) is 20.2. The van der Waals surface area contributed by atoms with E-state index in [0.717, 1.165) is 73.5 Å². The van der Waals surface area contributed by atoms with Gasteiger partial charge < -0.3 is 15.2 Å². The number of nitriles is 1. The predicted molar refractivity (Wildman–Crippen MR) is 113 cm³/mol. The first-order chi connectivity index (χ1) is 14.2. The molecule has 2 heterocycles. The molecule has 1 aromatic carbocycles. The number of methoxy groups -OCH3 is 1. The molecule has 1 saturated heterocycles. The second kappa shape index (κ2) is 8.71. The fourth-order valence-corrected chi connectivity index (χ4v) is 4.43. The fraction of sp³-hybridized carbons (Fsp3) is 0.478. The number of rotatable bonds is 6. The quantitative estimate of drug-likeness (QED) is 0.809. The Hall–Kier alpha value is -2.78. The van der Waals surface area contributed by atoms with Gasteiger partial charge in [0.25, 0.3) is 0 Å². The van der Waals surface area contributed by atoms with E-state index in [2.05, 4.69) is 16.0 Å². The molecule has 0 spiro atoms. The van der Waals surface area contributed by atoms with Gasteiger partial charge in [-0.05, 0) is 74.9 Å². The highest BCUT2D eigenvalue weighted by Gasteiger charge is 2.23. The van der Waals surface area contributed by atoms with Crippen LogP contribution in [0.5, 0.6) is 11.5 Å². The van der Waals surface area contributed by atoms with E-state index in [1.807, 2.05) is 18.2 Å². The first-order valence-electron chi connectivity index (χ1n) is 10.5. The summed E-state index contributed by atoms with van der Waals surface area (Å²) in [7, 11) is 1.65. The molecule has 1 aromatic heterocycles. The minimum Gasteiger partial charge on any atom is -0.493 e. The molecule has 0 unspecified atom stereocenters. The third-order valence-electron chi connectivity index (χ3n) is 5.93. The van der Waals surface area contributed by atoms with E-state index >= 15 is 0 Å². The summed E-state index contributed by atoms with van der Waals surface area (Å²) in [6, 6.07) is 8.15. The van der Waals surface area contributed by atoms with Gasteiger partial charge in [-0.25, -0.2) is 4.98 Å². The second-order valence-corrected chi connectivity index (χ2v) is 7.75. The molecule has 2 N–H and O–H groups in total. The Kier molecular flexibility index (Phi) is 5.86. The van der Waals surface area contributed by atoms with Gasteiger partial charge in [0.15, 0.2) is 11.5 Å². The Morgan fingerprint density at radius 3 is 2.69 bits per heavy atom. The van der Waals surface area contributed by atoms with Gasteiger partial charge in [-0.2, -0.15) is 5.26 Å². The van der Waals surface area contributed by atoms with Gasteiger partial charge in [-0.1, -0.05) is 6.07 Å². The van der Waals surface area contributed by atoms with Crippen molar-refractivity contribution in [1.29, 1.82) is 5.26 Å². The summed E-state index contributed by atoms with van der Waals surface area (Å²) in [5.41, 5.74) is 10.6. The van der Waals surface area contributed by atoms with Crippen LogP contribution < -0.4 is 15.2 Å². The molecular formula is C23H28N4O2. The van der Waals surface area contributed by atoms with Crippen LogP contribution in [0.3, 0.4) is 0 Å². The number of fused-ring (bicyclic) bond motifs is 1. The van der Waals surface area contributed by atoms with E-state index in [0.29, 0.717) is 23.7 Å². The number of ether oxygens (including phenoxy) is 2. The van der Waals surface area contributed by atoms with Crippen LogP contribution in [0.15, 0.2) is 18.2 Å². The van der Waals surface area contributed by atoms with Gasteiger partial charge >= 0.3 is 0 Å². The van der Waals surface area contributed by atoms with Crippen molar-refractivity contribution in [1.82, 2.24) is 9.88 Å². The number of nitrogen functional groups attached to an aromatic ring is 1. The van der Waals surface area contributed by atoms with E-state index in [1.54, 1.807) is 7.11 Å². The summed E-state index contributed by atoms with van der Waals surface area (Å²) in [6.07, 6.45) is 6.59. The standard InChI is InChI=1S/C23H28N4O2/c1-28-21-14-16(8-9-20(21)29-13-12-27-10-4-5-11-27)22-17-6-2-3-7-19(17)26-23(25)18(22)15-24/h8-9,14H,2-7,10-13H2,1H3,(H2,25,26). The van der Waals surface area contributed by atoms with Gasteiger partial charge in [-0.3, -0.25) is 4.90 Å². The molecular weight excluding hydrogens is 364 g/mol. The Morgan fingerprint density at radius 1 is 1.14 bits per heavy atom. The summed E-state index contributed by atoms with van der Waals surface area (Å²) in [6.45, 7) is 3.88. The largest absolute Gasteiger partial charge is 0.493 e. The van der Waals surface area contributed by atoms with E-state index in [9.17, 15) is 5.26 Å². The highest BCUT2D eigenvalue weighted by molar-refractivity contribution is 5.80. The monoisotopic (exact) mass is 392 g/mol. The first-order valence-corrected chi connectivity index (χ1v) is 10.5. The van der Waals surface area contributed by atoms with Crippen molar-refractivity contribution in [3.8, 4) is 28.7 Å². The van der Waals surface area contributed by atoms with Gasteiger partial charge in [0.05, 0.1) is 7.11 Å². The summed E-state index contributed by atoms with van der Waals surface area (Å²) in [5, 5.41) is 9.73. The van der Waals surface area contributed by atoms with Crippen LogP contribution in [0.2, 0.25) is 0 Å². The number of nitrogens with zero attached hydrogens (tertiary/aromatic N) is 3. The number of hydrogen-bond donors (Lipinski definition) is 1. The minimum atomic E-state index is 0.313. The average molecular weight is 393 g/mol. The van der Waals surface area contributed by atoms with Gasteiger partial charge in [0, 0.05) is 17.8 Å². The molecule has 0 bridgehead atoms. The van der Waals surface area contributed by atoms with Crippen molar-refractivity contribution in [2.75, 3.05) is 39.1 Å². The lowest BCUT2D eigenvalue weighted by Gasteiger charge is -2.22. The molecule has 0 radical (unpaired) electrons. The predicted octanol–water partition coefficient (Wildman–Crippen LogP) is 3.56. The average Bonchev–Trinajstić information content (AvgIpc) is 3.26. The van der Waals surface area contributed by atoms with Crippen molar-refractivity contribution in [2.24, 2.45) is 0 Å². The van der Waals surface area contributed by atoms with Crippen molar-refractivity contribution < 1.29 is 9.47 Å². The second-order valence-electron chi connectivity index (χ2n) is 7.75. The molecule has 1 fully saturated rings. The summed E-state index contributed by atoms with van der Waals surface area (Å²) in [5.74, 6) is 1.71. The molecule has 2 aromatic rings. The molecule has 1 aliphatic heterocycles. The van der Waals surface area contributed by atoms with E-state index in [4.69, 9.17) is 15.2 Å². The van der Waals surface area contributed by atoms with Crippen LogP contribution in [0.25, 0.3) is 11.1 Å². The molecule has 29 heavy (non-hydrogen) atoms. The molecule has 0 atom stereocenters. The lowest BCUT2D eigenvalue weighted by molar-refractivity contribution is 0.230. The Morgan fingerprint density at radius 2 is 1.93 bits per heavy atom. The van der Waals surface area contributed by atoms with Crippen LogP contribution >= 0.6 is 0 Å². The molecule has 6 nitrogen and oxygen atoms in total. The van der Waals surface area contributed by atoms with Gasteiger partial charge in [-0.15, -0.1) is 0 Å². The van der Waals surface area contributed by atoms with Crippen LogP contribution in [0, 0.1) is 11.3 Å². The maximum atomic E-state index is 9.73. The maximum Gasteiger partial charge on any atom is 0.161 e. The maximum absolute atomic E-state index is 9.73.